The van der Waals surface area contributed by atoms with E-state index in [1.165, 1.54) is 5.56 Å². The molecule has 1 rings (SSSR count). The maximum atomic E-state index is 11.0. The lowest BCUT2D eigenvalue weighted by Crippen LogP contribution is -1.96. The standard InChI is InChI=1S/C10H14O2S/c1-8-4-5-10(12-2)9(6-8)7-13(3)11/h4-6H,7H2,1-3H3. The van der Waals surface area contributed by atoms with E-state index in [0.29, 0.717) is 5.75 Å². The van der Waals surface area contributed by atoms with Gasteiger partial charge in [-0.1, -0.05) is 17.7 Å². The first-order valence-corrected chi connectivity index (χ1v) is 5.79. The molecule has 72 valence electrons. The Kier molecular flexibility index (Phi) is 3.48. The highest BCUT2D eigenvalue weighted by molar-refractivity contribution is 7.83. The topological polar surface area (TPSA) is 26.3 Å². The van der Waals surface area contributed by atoms with Crippen LogP contribution in [0, 0.1) is 6.92 Å². The highest BCUT2D eigenvalue weighted by Crippen LogP contribution is 2.20. The number of benzene rings is 1. The zero-order valence-corrected chi connectivity index (χ0v) is 8.98. The lowest BCUT2D eigenvalue weighted by atomic mass is 10.1. The van der Waals surface area contributed by atoms with Crippen LogP contribution in [-0.4, -0.2) is 17.6 Å². The number of rotatable bonds is 3. The van der Waals surface area contributed by atoms with E-state index in [-0.39, 0.29) is 0 Å². The Labute approximate surface area is 81.4 Å². The molecule has 0 bridgehead atoms. The van der Waals surface area contributed by atoms with Gasteiger partial charge >= 0.3 is 0 Å². The maximum Gasteiger partial charge on any atom is 0.123 e. The molecule has 0 spiro atoms. The van der Waals surface area contributed by atoms with Gasteiger partial charge in [-0.15, -0.1) is 0 Å². The van der Waals surface area contributed by atoms with Crippen LogP contribution < -0.4 is 4.74 Å². The predicted octanol–water partition coefficient (Wildman–Crippen LogP) is 1.88. The van der Waals surface area contributed by atoms with Crippen molar-refractivity contribution in [3.05, 3.63) is 29.3 Å². The third-order valence-corrected chi connectivity index (χ3v) is 2.51. The Morgan fingerprint density at radius 1 is 1.46 bits per heavy atom. The predicted molar refractivity (Wildman–Crippen MR) is 55.5 cm³/mol. The van der Waals surface area contributed by atoms with Crippen LogP contribution in [0.4, 0.5) is 0 Å². The third-order valence-electron chi connectivity index (χ3n) is 1.79. The fraction of sp³-hybridized carbons (Fsp3) is 0.400. The van der Waals surface area contributed by atoms with Crippen molar-refractivity contribution in [2.24, 2.45) is 0 Å². The molecular weight excluding hydrogens is 184 g/mol. The van der Waals surface area contributed by atoms with E-state index in [2.05, 4.69) is 0 Å². The summed E-state index contributed by atoms with van der Waals surface area (Å²) in [6, 6.07) is 5.92. The third kappa shape index (κ3) is 2.84. The normalized spacial score (nSPS) is 12.5. The average molecular weight is 198 g/mol. The van der Waals surface area contributed by atoms with E-state index in [4.69, 9.17) is 4.74 Å². The van der Waals surface area contributed by atoms with Crippen LogP contribution in [0.3, 0.4) is 0 Å². The molecule has 13 heavy (non-hydrogen) atoms. The zero-order chi connectivity index (χ0) is 9.84. The van der Waals surface area contributed by atoms with Crippen molar-refractivity contribution in [1.82, 2.24) is 0 Å². The molecule has 0 heterocycles. The molecule has 0 saturated heterocycles. The van der Waals surface area contributed by atoms with Crippen LogP contribution in [0.2, 0.25) is 0 Å². The smallest absolute Gasteiger partial charge is 0.123 e. The highest BCUT2D eigenvalue weighted by Gasteiger charge is 2.04. The molecule has 0 radical (unpaired) electrons. The molecule has 0 aliphatic carbocycles. The summed E-state index contributed by atoms with van der Waals surface area (Å²) in [4.78, 5) is 0. The van der Waals surface area contributed by atoms with E-state index < -0.39 is 10.8 Å². The van der Waals surface area contributed by atoms with Crippen molar-refractivity contribution in [2.75, 3.05) is 13.4 Å². The maximum absolute atomic E-state index is 11.0. The minimum Gasteiger partial charge on any atom is -0.496 e. The summed E-state index contributed by atoms with van der Waals surface area (Å²) >= 11 is 0. The molecule has 1 atom stereocenters. The molecule has 0 aliphatic heterocycles. The van der Waals surface area contributed by atoms with E-state index in [9.17, 15) is 4.21 Å². The number of ether oxygens (including phenoxy) is 1. The number of hydrogen-bond acceptors (Lipinski definition) is 2. The Hall–Kier alpha value is -0.830. The molecule has 1 aromatic rings. The van der Waals surface area contributed by atoms with Crippen LogP contribution in [0.1, 0.15) is 11.1 Å². The van der Waals surface area contributed by atoms with Gasteiger partial charge in [-0.3, -0.25) is 4.21 Å². The molecule has 1 unspecified atom stereocenters. The van der Waals surface area contributed by atoms with Gasteiger partial charge in [0, 0.05) is 22.6 Å². The lowest BCUT2D eigenvalue weighted by Gasteiger charge is -2.07. The number of methoxy groups -OCH3 is 1. The lowest BCUT2D eigenvalue weighted by molar-refractivity contribution is 0.411. The van der Waals surface area contributed by atoms with Crippen molar-refractivity contribution in [2.45, 2.75) is 12.7 Å². The molecule has 3 heteroatoms. The Bertz CT molecular complexity index is 321. The van der Waals surface area contributed by atoms with E-state index in [0.717, 1.165) is 11.3 Å². The van der Waals surface area contributed by atoms with Gasteiger partial charge in [0.1, 0.15) is 5.75 Å². The number of aryl methyl sites for hydroxylation is 1. The molecule has 0 saturated carbocycles. The largest absolute Gasteiger partial charge is 0.496 e. The fourth-order valence-electron chi connectivity index (χ4n) is 1.24. The van der Waals surface area contributed by atoms with E-state index in [1.54, 1.807) is 13.4 Å². The number of hydrogen-bond donors (Lipinski definition) is 0. The summed E-state index contributed by atoms with van der Waals surface area (Å²) in [5.41, 5.74) is 2.18. The van der Waals surface area contributed by atoms with Crippen molar-refractivity contribution >= 4 is 10.8 Å². The summed E-state index contributed by atoms with van der Waals surface area (Å²) in [7, 11) is 0.815. The zero-order valence-electron chi connectivity index (χ0n) is 8.16. The first-order valence-electron chi connectivity index (χ1n) is 4.07. The molecule has 0 aliphatic rings. The molecule has 0 aromatic heterocycles. The first kappa shape index (κ1) is 10.3. The van der Waals surface area contributed by atoms with Crippen molar-refractivity contribution < 1.29 is 8.95 Å². The van der Waals surface area contributed by atoms with E-state index in [1.807, 2.05) is 25.1 Å². The van der Waals surface area contributed by atoms with E-state index >= 15 is 0 Å². The van der Waals surface area contributed by atoms with Gasteiger partial charge in [0.25, 0.3) is 0 Å². The Morgan fingerprint density at radius 2 is 2.15 bits per heavy atom. The van der Waals surface area contributed by atoms with Crippen LogP contribution in [-0.2, 0) is 16.6 Å². The first-order chi connectivity index (χ1) is 6.13. The Morgan fingerprint density at radius 3 is 2.69 bits per heavy atom. The SMILES string of the molecule is COc1ccc(C)cc1CS(C)=O. The summed E-state index contributed by atoms with van der Waals surface area (Å²) in [6.07, 6.45) is 1.70. The van der Waals surface area contributed by atoms with Crippen molar-refractivity contribution in [3.63, 3.8) is 0 Å². The Balaban J connectivity index is 3.01. The summed E-state index contributed by atoms with van der Waals surface area (Å²) < 4.78 is 16.2. The molecule has 1 aromatic carbocycles. The summed E-state index contributed by atoms with van der Waals surface area (Å²) in [5.74, 6) is 1.38. The molecular formula is C10H14O2S. The van der Waals surface area contributed by atoms with Gasteiger partial charge in [0.15, 0.2) is 0 Å². The van der Waals surface area contributed by atoms with Crippen LogP contribution in [0.15, 0.2) is 18.2 Å². The molecule has 0 amide bonds. The van der Waals surface area contributed by atoms with Crippen LogP contribution in [0.25, 0.3) is 0 Å². The monoisotopic (exact) mass is 198 g/mol. The molecule has 0 N–H and O–H groups in total. The van der Waals surface area contributed by atoms with Gasteiger partial charge in [0.2, 0.25) is 0 Å². The van der Waals surface area contributed by atoms with Crippen LogP contribution >= 0.6 is 0 Å². The second kappa shape index (κ2) is 4.42. The highest BCUT2D eigenvalue weighted by atomic mass is 32.2. The average Bonchev–Trinajstić information content (AvgIpc) is 2.03. The van der Waals surface area contributed by atoms with Gasteiger partial charge < -0.3 is 4.74 Å². The molecule has 0 fully saturated rings. The van der Waals surface area contributed by atoms with Gasteiger partial charge in [0.05, 0.1) is 12.9 Å². The summed E-state index contributed by atoms with van der Waals surface area (Å²) in [5, 5.41) is 0. The minimum absolute atomic E-state index is 0.560. The minimum atomic E-state index is -0.817. The van der Waals surface area contributed by atoms with Gasteiger partial charge in [-0.25, -0.2) is 0 Å². The quantitative estimate of drug-likeness (QED) is 0.741. The van der Waals surface area contributed by atoms with Gasteiger partial charge in [-0.2, -0.15) is 0 Å². The van der Waals surface area contributed by atoms with Crippen molar-refractivity contribution in [3.8, 4) is 5.75 Å². The fourth-order valence-corrected chi connectivity index (χ4v) is 1.90. The second-order valence-electron chi connectivity index (χ2n) is 3.03. The van der Waals surface area contributed by atoms with Gasteiger partial charge in [-0.05, 0) is 13.0 Å². The summed E-state index contributed by atoms with van der Waals surface area (Å²) in [6.45, 7) is 2.02. The van der Waals surface area contributed by atoms with Crippen LogP contribution in [0.5, 0.6) is 5.75 Å². The second-order valence-corrected chi connectivity index (χ2v) is 4.47. The molecule has 2 nitrogen and oxygen atoms in total. The van der Waals surface area contributed by atoms with Crippen molar-refractivity contribution in [1.29, 1.82) is 0 Å².